The maximum Gasteiger partial charge on any atom is 0.353 e. The topological polar surface area (TPSA) is 115 Å². The van der Waals surface area contributed by atoms with E-state index in [0.717, 1.165) is 11.4 Å². The predicted molar refractivity (Wildman–Crippen MR) is 125 cm³/mol. The number of nitriles is 1. The molecule has 3 aromatic rings. The summed E-state index contributed by atoms with van der Waals surface area (Å²) >= 11 is 0. The van der Waals surface area contributed by atoms with E-state index in [2.05, 4.69) is 25.9 Å². The Hall–Kier alpha value is -4.26. The van der Waals surface area contributed by atoms with Crippen molar-refractivity contribution >= 4 is 23.1 Å². The molecule has 1 aliphatic heterocycles. The molecular weight excluding hydrogens is 420 g/mol. The van der Waals surface area contributed by atoms with Crippen LogP contribution in [0.1, 0.15) is 12.0 Å². The number of hydrogen-bond donors (Lipinski definition) is 0. The molecule has 0 bridgehead atoms. The predicted octanol–water partition coefficient (Wildman–Crippen LogP) is 3.03. The van der Waals surface area contributed by atoms with E-state index in [4.69, 9.17) is 5.26 Å². The van der Waals surface area contributed by atoms with Gasteiger partial charge in [0.05, 0.1) is 17.4 Å². The van der Waals surface area contributed by atoms with Crippen LogP contribution in [0.25, 0.3) is 0 Å². The van der Waals surface area contributed by atoms with E-state index in [0.29, 0.717) is 45.1 Å². The number of benzene rings is 1. The SMILES string of the molecule is N#CCCN(Cc1ccccc1)c1ncnc(N2CCN(c3ccccn3)CC2)c1[N+](=O)[O-]. The summed E-state index contributed by atoms with van der Waals surface area (Å²) in [7, 11) is 0. The molecule has 0 spiro atoms. The normalized spacial score (nSPS) is 13.4. The van der Waals surface area contributed by atoms with Crippen molar-refractivity contribution in [2.45, 2.75) is 13.0 Å². The van der Waals surface area contributed by atoms with E-state index < -0.39 is 4.92 Å². The highest BCUT2D eigenvalue weighted by atomic mass is 16.6. The van der Waals surface area contributed by atoms with Gasteiger partial charge in [-0.15, -0.1) is 0 Å². The van der Waals surface area contributed by atoms with Crippen LogP contribution in [0.4, 0.5) is 23.1 Å². The van der Waals surface area contributed by atoms with Gasteiger partial charge in [-0.05, 0) is 17.7 Å². The van der Waals surface area contributed by atoms with Crippen molar-refractivity contribution in [2.75, 3.05) is 47.4 Å². The lowest BCUT2D eigenvalue weighted by Gasteiger charge is -2.36. The molecular formula is C23H24N8O2. The van der Waals surface area contributed by atoms with Crippen LogP contribution in [0.2, 0.25) is 0 Å². The fourth-order valence-electron chi connectivity index (χ4n) is 3.92. The van der Waals surface area contributed by atoms with Crippen LogP contribution >= 0.6 is 0 Å². The number of aromatic nitrogens is 3. The summed E-state index contributed by atoms with van der Waals surface area (Å²) in [5, 5.41) is 21.3. The van der Waals surface area contributed by atoms with Crippen molar-refractivity contribution in [2.24, 2.45) is 0 Å². The van der Waals surface area contributed by atoms with Crippen LogP contribution in [-0.2, 0) is 6.54 Å². The van der Waals surface area contributed by atoms with Crippen LogP contribution in [0.15, 0.2) is 61.1 Å². The molecule has 33 heavy (non-hydrogen) atoms. The molecule has 0 amide bonds. The van der Waals surface area contributed by atoms with E-state index >= 15 is 0 Å². The minimum Gasteiger partial charge on any atom is -0.353 e. The highest BCUT2D eigenvalue weighted by Gasteiger charge is 2.31. The Kier molecular flexibility index (Phi) is 6.90. The van der Waals surface area contributed by atoms with Gasteiger partial charge in [-0.3, -0.25) is 10.1 Å². The number of nitrogens with zero attached hydrogens (tertiary/aromatic N) is 8. The fourth-order valence-corrected chi connectivity index (χ4v) is 3.92. The third kappa shape index (κ3) is 5.15. The number of piperazine rings is 1. The summed E-state index contributed by atoms with van der Waals surface area (Å²) in [6, 6.07) is 17.5. The summed E-state index contributed by atoms with van der Waals surface area (Å²) in [6.45, 7) is 3.24. The Labute approximate surface area is 191 Å². The number of hydrogen-bond acceptors (Lipinski definition) is 9. The Morgan fingerprint density at radius 3 is 2.39 bits per heavy atom. The van der Waals surface area contributed by atoms with Gasteiger partial charge in [-0.1, -0.05) is 36.4 Å². The number of anilines is 3. The first kappa shape index (κ1) is 22.0. The van der Waals surface area contributed by atoms with E-state index in [1.165, 1.54) is 6.33 Å². The Bertz CT molecular complexity index is 1110. The molecule has 1 saturated heterocycles. The van der Waals surface area contributed by atoms with Crippen molar-refractivity contribution in [3.05, 3.63) is 76.7 Å². The highest BCUT2D eigenvalue weighted by Crippen LogP contribution is 2.35. The largest absolute Gasteiger partial charge is 0.353 e. The Morgan fingerprint density at radius 2 is 1.73 bits per heavy atom. The van der Waals surface area contributed by atoms with Crippen LogP contribution in [0.3, 0.4) is 0 Å². The molecule has 0 saturated carbocycles. The second-order valence-electron chi connectivity index (χ2n) is 7.60. The molecule has 0 radical (unpaired) electrons. The zero-order valence-corrected chi connectivity index (χ0v) is 18.1. The minimum atomic E-state index is -0.417. The number of rotatable bonds is 8. The summed E-state index contributed by atoms with van der Waals surface area (Å²) in [6.07, 6.45) is 3.35. The molecule has 1 fully saturated rings. The molecule has 0 N–H and O–H groups in total. The number of pyridine rings is 1. The first-order chi connectivity index (χ1) is 16.2. The zero-order valence-electron chi connectivity index (χ0n) is 18.1. The van der Waals surface area contributed by atoms with Gasteiger partial charge in [0, 0.05) is 45.5 Å². The molecule has 0 aliphatic carbocycles. The third-order valence-electron chi connectivity index (χ3n) is 5.53. The van der Waals surface area contributed by atoms with E-state index in [-0.39, 0.29) is 17.9 Å². The molecule has 168 valence electrons. The maximum absolute atomic E-state index is 12.2. The molecule has 0 atom stereocenters. The molecule has 1 aliphatic rings. The molecule has 3 heterocycles. The summed E-state index contributed by atoms with van der Waals surface area (Å²) < 4.78 is 0. The van der Waals surface area contributed by atoms with Gasteiger partial charge in [-0.25, -0.2) is 15.0 Å². The Morgan fingerprint density at radius 1 is 1.00 bits per heavy atom. The summed E-state index contributed by atoms with van der Waals surface area (Å²) in [5.74, 6) is 1.43. The highest BCUT2D eigenvalue weighted by molar-refractivity contribution is 5.71. The van der Waals surface area contributed by atoms with Crippen LogP contribution in [0.5, 0.6) is 0 Å². The fraction of sp³-hybridized carbons (Fsp3) is 0.304. The van der Waals surface area contributed by atoms with Crippen molar-refractivity contribution in [3.8, 4) is 6.07 Å². The van der Waals surface area contributed by atoms with Gasteiger partial charge in [0.2, 0.25) is 11.6 Å². The molecule has 1 aromatic carbocycles. The van der Waals surface area contributed by atoms with Gasteiger partial charge in [0.15, 0.2) is 0 Å². The van der Waals surface area contributed by atoms with Gasteiger partial charge in [0.1, 0.15) is 12.1 Å². The van der Waals surface area contributed by atoms with Crippen molar-refractivity contribution < 1.29 is 4.92 Å². The van der Waals surface area contributed by atoms with Crippen LogP contribution in [-0.4, -0.2) is 52.6 Å². The van der Waals surface area contributed by atoms with E-state index in [1.807, 2.05) is 53.4 Å². The van der Waals surface area contributed by atoms with Crippen LogP contribution < -0.4 is 14.7 Å². The molecule has 0 unspecified atom stereocenters. The summed E-state index contributed by atoms with van der Waals surface area (Å²) in [5.41, 5.74) is 0.853. The first-order valence-corrected chi connectivity index (χ1v) is 10.7. The standard InChI is InChI=1S/C23H24N8O2/c24-10-6-12-30(17-19-7-2-1-3-8-19)23-21(31(32)33)22(26-18-27-23)29-15-13-28(14-16-29)20-9-4-5-11-25-20/h1-5,7-9,11,18H,6,12-17H2. The molecule has 2 aromatic heterocycles. The third-order valence-corrected chi connectivity index (χ3v) is 5.53. The second-order valence-corrected chi connectivity index (χ2v) is 7.60. The monoisotopic (exact) mass is 444 g/mol. The van der Waals surface area contributed by atoms with Gasteiger partial charge >= 0.3 is 5.69 Å². The molecule has 4 rings (SSSR count). The lowest BCUT2D eigenvalue weighted by Crippen LogP contribution is -2.47. The second kappa shape index (κ2) is 10.4. The maximum atomic E-state index is 12.2. The van der Waals surface area contributed by atoms with E-state index in [1.54, 1.807) is 11.1 Å². The zero-order chi connectivity index (χ0) is 23.0. The quantitative estimate of drug-likeness (QED) is 0.382. The first-order valence-electron chi connectivity index (χ1n) is 10.7. The van der Waals surface area contributed by atoms with Gasteiger partial charge in [0.25, 0.3) is 0 Å². The summed E-state index contributed by atoms with van der Waals surface area (Å²) in [4.78, 5) is 30.6. The average Bonchev–Trinajstić information content (AvgIpc) is 2.87. The Balaban J connectivity index is 1.61. The van der Waals surface area contributed by atoms with Gasteiger partial charge < -0.3 is 14.7 Å². The molecule has 10 nitrogen and oxygen atoms in total. The van der Waals surface area contributed by atoms with Gasteiger partial charge in [-0.2, -0.15) is 5.26 Å². The lowest BCUT2D eigenvalue weighted by atomic mass is 10.2. The van der Waals surface area contributed by atoms with Crippen molar-refractivity contribution in [1.82, 2.24) is 15.0 Å². The number of nitro groups is 1. The van der Waals surface area contributed by atoms with Crippen molar-refractivity contribution in [1.29, 1.82) is 5.26 Å². The van der Waals surface area contributed by atoms with Crippen LogP contribution in [0, 0.1) is 21.4 Å². The average molecular weight is 444 g/mol. The lowest BCUT2D eigenvalue weighted by molar-refractivity contribution is -0.383. The van der Waals surface area contributed by atoms with E-state index in [9.17, 15) is 10.1 Å². The van der Waals surface area contributed by atoms with Crippen molar-refractivity contribution in [3.63, 3.8) is 0 Å². The smallest absolute Gasteiger partial charge is 0.353 e. The minimum absolute atomic E-state index is 0.127. The molecule has 10 heteroatoms.